The Hall–Kier alpha value is -2.70. The minimum Gasteiger partial charge on any atom is -0.496 e. The smallest absolute Gasteiger partial charge is 0.290 e. The van der Waals surface area contributed by atoms with Gasteiger partial charge in [0.2, 0.25) is 5.76 Å². The van der Waals surface area contributed by atoms with Crippen molar-refractivity contribution in [3.8, 4) is 17.2 Å². The Bertz CT molecular complexity index is 754. The number of methoxy groups -OCH3 is 1. The summed E-state index contributed by atoms with van der Waals surface area (Å²) in [7, 11) is 1.57. The molecule has 1 amide bonds. The monoisotopic (exact) mass is 346 g/mol. The predicted octanol–water partition coefficient (Wildman–Crippen LogP) is 2.58. The van der Waals surface area contributed by atoms with Crippen LogP contribution >= 0.6 is 0 Å². The highest BCUT2D eigenvalue weighted by Crippen LogP contribution is 2.36. The number of carbonyl (C=O) groups excluding carboxylic acids is 1. The minimum absolute atomic E-state index is 0.201. The highest BCUT2D eigenvalue weighted by molar-refractivity contribution is 5.91. The molecular formula is C18H22N2O5. The second-order valence-corrected chi connectivity index (χ2v) is 6.27. The molecular weight excluding hydrogens is 324 g/mol. The van der Waals surface area contributed by atoms with Crippen molar-refractivity contribution in [2.75, 3.05) is 20.3 Å². The zero-order valence-electron chi connectivity index (χ0n) is 14.6. The molecule has 134 valence electrons. The van der Waals surface area contributed by atoms with Crippen LogP contribution in [-0.2, 0) is 13.0 Å². The molecule has 0 saturated carbocycles. The maximum atomic E-state index is 12.3. The predicted molar refractivity (Wildman–Crippen MR) is 90.2 cm³/mol. The lowest BCUT2D eigenvalue weighted by atomic mass is 10.1. The van der Waals surface area contributed by atoms with Gasteiger partial charge in [0.15, 0.2) is 11.5 Å². The standard InChI is InChI=1S/C18H22N2O5/c1-11(2)6-13-8-17(25-20-13)18(21)19-10-12-7-15-16(9-14(12)22-3)24-5-4-23-15/h7-9,11H,4-6,10H2,1-3H3,(H,19,21). The van der Waals surface area contributed by atoms with Gasteiger partial charge < -0.3 is 24.1 Å². The van der Waals surface area contributed by atoms with E-state index in [1.807, 2.05) is 6.07 Å². The number of hydrogen-bond donors (Lipinski definition) is 1. The van der Waals surface area contributed by atoms with Crippen LogP contribution in [0.3, 0.4) is 0 Å². The molecule has 7 nitrogen and oxygen atoms in total. The molecule has 1 aromatic carbocycles. The van der Waals surface area contributed by atoms with Crippen LogP contribution < -0.4 is 19.5 Å². The van der Waals surface area contributed by atoms with Crippen LogP contribution in [0.2, 0.25) is 0 Å². The fraction of sp³-hybridized carbons (Fsp3) is 0.444. The Morgan fingerprint density at radius 1 is 1.24 bits per heavy atom. The van der Waals surface area contributed by atoms with Crippen LogP contribution in [0.4, 0.5) is 0 Å². The molecule has 0 spiro atoms. The summed E-state index contributed by atoms with van der Waals surface area (Å²) in [5.74, 6) is 2.25. The van der Waals surface area contributed by atoms with E-state index in [0.717, 1.165) is 17.7 Å². The van der Waals surface area contributed by atoms with Crippen molar-refractivity contribution in [1.82, 2.24) is 10.5 Å². The minimum atomic E-state index is -0.320. The maximum Gasteiger partial charge on any atom is 0.290 e. The van der Waals surface area contributed by atoms with E-state index in [2.05, 4.69) is 24.3 Å². The largest absolute Gasteiger partial charge is 0.496 e. The fourth-order valence-corrected chi connectivity index (χ4v) is 2.64. The summed E-state index contributed by atoms with van der Waals surface area (Å²) in [6, 6.07) is 5.26. The second-order valence-electron chi connectivity index (χ2n) is 6.27. The summed E-state index contributed by atoms with van der Waals surface area (Å²) in [5.41, 5.74) is 1.57. The number of hydrogen-bond acceptors (Lipinski definition) is 6. The summed E-state index contributed by atoms with van der Waals surface area (Å²) in [6.07, 6.45) is 0.771. The van der Waals surface area contributed by atoms with Crippen LogP contribution in [0.5, 0.6) is 17.2 Å². The molecule has 7 heteroatoms. The number of nitrogens with one attached hydrogen (secondary N) is 1. The fourth-order valence-electron chi connectivity index (χ4n) is 2.64. The highest BCUT2D eigenvalue weighted by atomic mass is 16.6. The van der Waals surface area contributed by atoms with Gasteiger partial charge in [0, 0.05) is 24.2 Å². The summed E-state index contributed by atoms with van der Waals surface area (Å²) >= 11 is 0. The normalized spacial score (nSPS) is 13.0. The third kappa shape index (κ3) is 4.04. The molecule has 2 heterocycles. The number of amides is 1. The summed E-state index contributed by atoms with van der Waals surface area (Å²) in [4.78, 5) is 12.3. The van der Waals surface area contributed by atoms with E-state index in [1.165, 1.54) is 0 Å². The van der Waals surface area contributed by atoms with Gasteiger partial charge in [-0.25, -0.2) is 0 Å². The van der Waals surface area contributed by atoms with E-state index in [1.54, 1.807) is 19.2 Å². The first-order valence-electron chi connectivity index (χ1n) is 8.27. The van der Waals surface area contributed by atoms with Crippen LogP contribution in [-0.4, -0.2) is 31.4 Å². The highest BCUT2D eigenvalue weighted by Gasteiger charge is 2.18. The number of nitrogens with zero attached hydrogens (tertiary/aromatic N) is 1. The van der Waals surface area contributed by atoms with E-state index in [4.69, 9.17) is 18.7 Å². The molecule has 0 bridgehead atoms. The van der Waals surface area contributed by atoms with Gasteiger partial charge in [0.25, 0.3) is 5.91 Å². The van der Waals surface area contributed by atoms with Crippen LogP contribution in [0.25, 0.3) is 0 Å². The van der Waals surface area contributed by atoms with Crippen LogP contribution in [0, 0.1) is 5.92 Å². The maximum absolute atomic E-state index is 12.3. The molecule has 3 rings (SSSR count). The zero-order valence-corrected chi connectivity index (χ0v) is 14.6. The first kappa shape index (κ1) is 17.1. The molecule has 2 aromatic rings. The Kier molecular flexibility index (Phi) is 5.11. The number of rotatable bonds is 6. The molecule has 0 aliphatic carbocycles. The van der Waals surface area contributed by atoms with Gasteiger partial charge in [-0.1, -0.05) is 19.0 Å². The topological polar surface area (TPSA) is 82.8 Å². The van der Waals surface area contributed by atoms with Crippen molar-refractivity contribution in [1.29, 1.82) is 0 Å². The molecule has 1 aromatic heterocycles. The summed E-state index contributed by atoms with van der Waals surface area (Å²) < 4.78 is 21.6. The third-order valence-electron chi connectivity index (χ3n) is 3.78. The molecule has 0 atom stereocenters. The average molecular weight is 346 g/mol. The lowest BCUT2D eigenvalue weighted by Crippen LogP contribution is -2.23. The van der Waals surface area contributed by atoms with Crippen molar-refractivity contribution < 1.29 is 23.5 Å². The average Bonchev–Trinajstić information content (AvgIpc) is 3.06. The number of fused-ring (bicyclic) bond motifs is 1. The van der Waals surface area contributed by atoms with Gasteiger partial charge in [-0.3, -0.25) is 4.79 Å². The van der Waals surface area contributed by atoms with Gasteiger partial charge in [0.05, 0.1) is 12.8 Å². The van der Waals surface area contributed by atoms with Crippen molar-refractivity contribution in [2.45, 2.75) is 26.8 Å². The van der Waals surface area contributed by atoms with Crippen LogP contribution in [0.15, 0.2) is 22.7 Å². The third-order valence-corrected chi connectivity index (χ3v) is 3.78. The lowest BCUT2D eigenvalue weighted by Gasteiger charge is -2.20. The van der Waals surface area contributed by atoms with Gasteiger partial charge in [-0.15, -0.1) is 0 Å². The van der Waals surface area contributed by atoms with Crippen molar-refractivity contribution in [2.24, 2.45) is 5.92 Å². The van der Waals surface area contributed by atoms with E-state index >= 15 is 0 Å². The van der Waals surface area contributed by atoms with E-state index in [0.29, 0.717) is 36.4 Å². The Labute approximate surface area is 146 Å². The molecule has 0 radical (unpaired) electrons. The molecule has 0 unspecified atom stereocenters. The van der Waals surface area contributed by atoms with Gasteiger partial charge in [-0.2, -0.15) is 0 Å². The number of ether oxygens (including phenoxy) is 3. The molecule has 25 heavy (non-hydrogen) atoms. The van der Waals surface area contributed by atoms with Crippen molar-refractivity contribution in [3.05, 3.63) is 35.2 Å². The molecule has 0 saturated heterocycles. The van der Waals surface area contributed by atoms with E-state index < -0.39 is 0 Å². The first-order valence-corrected chi connectivity index (χ1v) is 8.27. The van der Waals surface area contributed by atoms with Crippen LogP contribution in [0.1, 0.15) is 35.7 Å². The Balaban J connectivity index is 1.68. The molecule has 1 N–H and O–H groups in total. The summed E-state index contributed by atoms with van der Waals surface area (Å²) in [5, 5.41) is 6.74. The summed E-state index contributed by atoms with van der Waals surface area (Å²) in [6.45, 7) is 5.46. The van der Waals surface area contributed by atoms with Crippen molar-refractivity contribution >= 4 is 5.91 Å². The van der Waals surface area contributed by atoms with Crippen molar-refractivity contribution in [3.63, 3.8) is 0 Å². The quantitative estimate of drug-likeness (QED) is 0.866. The zero-order chi connectivity index (χ0) is 17.8. The van der Waals surface area contributed by atoms with E-state index in [-0.39, 0.29) is 18.2 Å². The number of carbonyl (C=O) groups is 1. The Morgan fingerprint density at radius 2 is 1.96 bits per heavy atom. The molecule has 1 aliphatic rings. The van der Waals surface area contributed by atoms with Gasteiger partial charge >= 0.3 is 0 Å². The first-order chi connectivity index (χ1) is 12.1. The van der Waals surface area contributed by atoms with Gasteiger partial charge in [-0.05, 0) is 18.4 Å². The van der Waals surface area contributed by atoms with E-state index in [9.17, 15) is 4.79 Å². The molecule has 1 aliphatic heterocycles. The Morgan fingerprint density at radius 3 is 2.64 bits per heavy atom. The van der Waals surface area contributed by atoms with Gasteiger partial charge in [0.1, 0.15) is 19.0 Å². The number of aromatic nitrogens is 1. The second kappa shape index (κ2) is 7.46. The lowest BCUT2D eigenvalue weighted by molar-refractivity contribution is 0.0913. The molecule has 0 fully saturated rings. The SMILES string of the molecule is COc1cc2c(cc1CNC(=O)c1cc(CC(C)C)no1)OCCO2. The number of benzene rings is 1.